The van der Waals surface area contributed by atoms with Crippen LogP contribution in [0.15, 0.2) is 0 Å². The van der Waals surface area contributed by atoms with E-state index in [1.807, 2.05) is 0 Å². The predicted octanol–water partition coefficient (Wildman–Crippen LogP) is 1.00. The quantitative estimate of drug-likeness (QED) is 0.483. The summed E-state index contributed by atoms with van der Waals surface area (Å²) in [6.07, 6.45) is -0.127. The SMILES string of the molecule is CCOC(=O)CCN(CC)C(CC)(C(=O)O)C(=O)O.Cl. The number of hydrogen-bond donors (Lipinski definition) is 2. The van der Waals surface area contributed by atoms with Crippen LogP contribution in [0.1, 0.15) is 33.6 Å². The van der Waals surface area contributed by atoms with E-state index in [1.165, 1.54) is 11.8 Å². The van der Waals surface area contributed by atoms with Gasteiger partial charge in [-0.15, -0.1) is 12.4 Å². The van der Waals surface area contributed by atoms with Crippen LogP contribution in [-0.4, -0.2) is 58.3 Å². The lowest BCUT2D eigenvalue weighted by Crippen LogP contribution is -2.60. The first-order chi connectivity index (χ1) is 8.86. The van der Waals surface area contributed by atoms with E-state index < -0.39 is 23.4 Å². The van der Waals surface area contributed by atoms with Gasteiger partial charge in [0.05, 0.1) is 13.0 Å². The zero-order chi connectivity index (χ0) is 15.1. The molecular formula is C12H22ClNO6. The molecule has 2 N–H and O–H groups in total. The highest BCUT2D eigenvalue weighted by Crippen LogP contribution is 2.21. The maximum Gasteiger partial charge on any atom is 0.335 e. The summed E-state index contributed by atoms with van der Waals surface area (Å²) in [5.41, 5.74) is -2.00. The lowest BCUT2D eigenvalue weighted by atomic mass is 9.93. The first-order valence-electron chi connectivity index (χ1n) is 6.24. The van der Waals surface area contributed by atoms with E-state index >= 15 is 0 Å². The van der Waals surface area contributed by atoms with E-state index in [4.69, 9.17) is 4.74 Å². The van der Waals surface area contributed by atoms with Gasteiger partial charge in [-0.05, 0) is 19.9 Å². The molecule has 0 aliphatic heterocycles. The summed E-state index contributed by atoms with van der Waals surface area (Å²) in [5.74, 6) is -3.32. The van der Waals surface area contributed by atoms with Gasteiger partial charge in [0, 0.05) is 6.54 Å². The normalized spacial score (nSPS) is 10.8. The van der Waals surface area contributed by atoms with Crippen LogP contribution in [0, 0.1) is 0 Å². The lowest BCUT2D eigenvalue weighted by molar-refractivity contribution is -0.169. The molecular weight excluding hydrogens is 290 g/mol. The van der Waals surface area contributed by atoms with Gasteiger partial charge in [0.15, 0.2) is 0 Å². The Morgan fingerprint density at radius 3 is 1.90 bits per heavy atom. The molecule has 0 saturated carbocycles. The van der Waals surface area contributed by atoms with Crippen LogP contribution >= 0.6 is 12.4 Å². The number of halogens is 1. The number of nitrogens with zero attached hydrogens (tertiary/aromatic N) is 1. The first-order valence-corrected chi connectivity index (χ1v) is 6.24. The van der Waals surface area contributed by atoms with Gasteiger partial charge in [-0.1, -0.05) is 13.8 Å². The first kappa shape index (κ1) is 21.0. The number of likely N-dealkylation sites (N-methyl/N-ethyl adjacent to an activating group) is 1. The summed E-state index contributed by atoms with van der Waals surface area (Å²) in [6, 6.07) is 0. The Labute approximate surface area is 124 Å². The van der Waals surface area contributed by atoms with Crippen molar-refractivity contribution in [1.82, 2.24) is 4.90 Å². The smallest absolute Gasteiger partial charge is 0.335 e. The van der Waals surface area contributed by atoms with Crippen LogP contribution < -0.4 is 0 Å². The molecule has 0 aromatic carbocycles. The van der Waals surface area contributed by atoms with E-state index in [2.05, 4.69) is 0 Å². The number of rotatable bonds is 9. The Hall–Kier alpha value is -1.34. The topological polar surface area (TPSA) is 104 Å². The van der Waals surface area contributed by atoms with Gasteiger partial charge in [0.25, 0.3) is 0 Å². The van der Waals surface area contributed by atoms with E-state index in [1.54, 1.807) is 13.8 Å². The van der Waals surface area contributed by atoms with Crippen molar-refractivity contribution in [2.75, 3.05) is 19.7 Å². The molecule has 0 aromatic rings. The van der Waals surface area contributed by atoms with Crippen LogP contribution in [0.25, 0.3) is 0 Å². The van der Waals surface area contributed by atoms with Gasteiger partial charge >= 0.3 is 17.9 Å². The van der Waals surface area contributed by atoms with E-state index in [9.17, 15) is 24.6 Å². The summed E-state index contributed by atoms with van der Waals surface area (Å²) in [6.45, 7) is 5.30. The number of carbonyl (C=O) groups excluding carboxylic acids is 1. The Balaban J connectivity index is 0. The molecule has 0 fully saturated rings. The standard InChI is InChI=1S/C12H21NO6.ClH/c1-4-12(10(15)16,11(17)18)13(5-2)8-7-9(14)19-6-3;/h4-8H2,1-3H3,(H,15,16)(H,17,18);1H. The van der Waals surface area contributed by atoms with Crippen molar-refractivity contribution in [2.24, 2.45) is 0 Å². The molecule has 0 spiro atoms. The molecule has 0 radical (unpaired) electrons. The van der Waals surface area contributed by atoms with Crippen molar-refractivity contribution < 1.29 is 29.3 Å². The van der Waals surface area contributed by atoms with Crippen molar-refractivity contribution in [3.63, 3.8) is 0 Å². The number of ether oxygens (including phenoxy) is 1. The Morgan fingerprint density at radius 2 is 1.60 bits per heavy atom. The van der Waals surface area contributed by atoms with Gasteiger partial charge in [0.2, 0.25) is 5.54 Å². The van der Waals surface area contributed by atoms with Crippen molar-refractivity contribution >= 4 is 30.3 Å². The lowest BCUT2D eigenvalue weighted by Gasteiger charge is -2.35. The highest BCUT2D eigenvalue weighted by Gasteiger charge is 2.49. The van der Waals surface area contributed by atoms with Crippen LogP contribution in [0.4, 0.5) is 0 Å². The minimum absolute atomic E-state index is 0. The number of carboxylic acids is 2. The van der Waals surface area contributed by atoms with Gasteiger partial charge in [-0.3, -0.25) is 9.69 Å². The van der Waals surface area contributed by atoms with Crippen LogP contribution in [0.2, 0.25) is 0 Å². The van der Waals surface area contributed by atoms with Gasteiger partial charge in [-0.25, -0.2) is 9.59 Å². The summed E-state index contributed by atoms with van der Waals surface area (Å²) >= 11 is 0. The Kier molecular flexibility index (Phi) is 10.0. The minimum atomic E-state index is -2.00. The summed E-state index contributed by atoms with van der Waals surface area (Å²) in [5, 5.41) is 18.5. The third kappa shape index (κ3) is 4.64. The Bertz CT molecular complexity index is 333. The maximum atomic E-state index is 11.3. The minimum Gasteiger partial charge on any atom is -0.479 e. The molecule has 7 nitrogen and oxygen atoms in total. The van der Waals surface area contributed by atoms with Crippen LogP contribution in [0.5, 0.6) is 0 Å². The van der Waals surface area contributed by atoms with Gasteiger partial charge in [0.1, 0.15) is 0 Å². The number of carbonyl (C=O) groups is 3. The van der Waals surface area contributed by atoms with Gasteiger partial charge in [-0.2, -0.15) is 0 Å². The third-order valence-corrected chi connectivity index (χ3v) is 3.03. The predicted molar refractivity (Wildman–Crippen MR) is 74.0 cm³/mol. The molecule has 8 heteroatoms. The van der Waals surface area contributed by atoms with E-state index in [0.29, 0.717) is 0 Å². The molecule has 0 bridgehead atoms. The fourth-order valence-electron chi connectivity index (χ4n) is 1.97. The second-order valence-electron chi connectivity index (χ2n) is 3.96. The summed E-state index contributed by atoms with van der Waals surface area (Å²) < 4.78 is 4.74. The summed E-state index contributed by atoms with van der Waals surface area (Å²) in [7, 11) is 0. The number of aliphatic carboxylic acids is 2. The maximum absolute atomic E-state index is 11.3. The molecule has 0 aliphatic rings. The van der Waals surface area contributed by atoms with Crippen LogP contribution in [-0.2, 0) is 19.1 Å². The third-order valence-electron chi connectivity index (χ3n) is 3.03. The number of carboxylic acid groups (broad SMARTS) is 2. The Morgan fingerprint density at radius 1 is 1.10 bits per heavy atom. The molecule has 0 aliphatic carbocycles. The molecule has 0 atom stereocenters. The fourth-order valence-corrected chi connectivity index (χ4v) is 1.97. The van der Waals surface area contributed by atoms with E-state index in [-0.39, 0.29) is 44.9 Å². The molecule has 0 heterocycles. The molecule has 118 valence electrons. The van der Waals surface area contributed by atoms with Crippen molar-refractivity contribution in [3.05, 3.63) is 0 Å². The largest absolute Gasteiger partial charge is 0.479 e. The van der Waals surface area contributed by atoms with E-state index in [0.717, 1.165) is 0 Å². The molecule has 0 amide bonds. The average Bonchev–Trinajstić information content (AvgIpc) is 2.33. The van der Waals surface area contributed by atoms with Crippen molar-refractivity contribution in [1.29, 1.82) is 0 Å². The van der Waals surface area contributed by atoms with Crippen molar-refractivity contribution in [3.8, 4) is 0 Å². The molecule has 20 heavy (non-hydrogen) atoms. The monoisotopic (exact) mass is 311 g/mol. The zero-order valence-corrected chi connectivity index (χ0v) is 12.7. The van der Waals surface area contributed by atoms with Crippen molar-refractivity contribution in [2.45, 2.75) is 39.2 Å². The highest BCUT2D eigenvalue weighted by molar-refractivity contribution is 6.03. The van der Waals surface area contributed by atoms with Crippen LogP contribution in [0.3, 0.4) is 0 Å². The molecule has 0 unspecified atom stereocenters. The zero-order valence-electron chi connectivity index (χ0n) is 11.9. The molecule has 0 saturated heterocycles. The number of hydrogen-bond acceptors (Lipinski definition) is 5. The highest BCUT2D eigenvalue weighted by atomic mass is 35.5. The fraction of sp³-hybridized carbons (Fsp3) is 0.750. The molecule has 0 aromatic heterocycles. The second kappa shape index (κ2) is 9.55. The number of esters is 1. The van der Waals surface area contributed by atoms with Gasteiger partial charge < -0.3 is 14.9 Å². The molecule has 0 rings (SSSR count). The summed E-state index contributed by atoms with van der Waals surface area (Å²) in [4.78, 5) is 35.2. The second-order valence-corrected chi connectivity index (χ2v) is 3.96. The average molecular weight is 312 g/mol.